The molecule has 0 aliphatic carbocycles. The van der Waals surface area contributed by atoms with E-state index in [-0.39, 0.29) is 16.9 Å². The van der Waals surface area contributed by atoms with Gasteiger partial charge < -0.3 is 16.0 Å². The van der Waals surface area contributed by atoms with Crippen LogP contribution in [-0.4, -0.2) is 40.0 Å². The first-order valence-corrected chi connectivity index (χ1v) is 6.61. The number of anilines is 1. The van der Waals surface area contributed by atoms with Gasteiger partial charge in [-0.1, -0.05) is 12.2 Å². The second kappa shape index (κ2) is 5.92. The molecule has 102 valence electrons. The first-order valence-electron chi connectivity index (χ1n) is 6.21. The van der Waals surface area contributed by atoms with Gasteiger partial charge in [0.05, 0.1) is 0 Å². The van der Waals surface area contributed by atoms with Crippen LogP contribution in [0.5, 0.6) is 0 Å². The summed E-state index contributed by atoms with van der Waals surface area (Å²) in [5, 5.41) is 2.94. The summed E-state index contributed by atoms with van der Waals surface area (Å²) < 4.78 is 0. The first-order chi connectivity index (χ1) is 9.08. The Hall–Kier alpha value is -1.76. The molecule has 0 bridgehead atoms. The van der Waals surface area contributed by atoms with Crippen LogP contribution in [-0.2, 0) is 4.79 Å². The summed E-state index contributed by atoms with van der Waals surface area (Å²) in [4.78, 5) is 21.9. The number of carbonyl (C=O) groups is 1. The van der Waals surface area contributed by atoms with E-state index in [1.54, 1.807) is 19.3 Å². The Balaban J connectivity index is 2.05. The molecule has 1 aliphatic rings. The van der Waals surface area contributed by atoms with Crippen LogP contribution in [0.3, 0.4) is 0 Å². The van der Waals surface area contributed by atoms with Gasteiger partial charge in [0.25, 0.3) is 0 Å². The van der Waals surface area contributed by atoms with E-state index < -0.39 is 0 Å². The van der Waals surface area contributed by atoms with Crippen molar-refractivity contribution in [1.29, 1.82) is 0 Å². The Morgan fingerprint density at radius 2 is 2.05 bits per heavy atom. The Bertz CT molecular complexity index is 485. The zero-order chi connectivity index (χ0) is 13.8. The van der Waals surface area contributed by atoms with Gasteiger partial charge in [-0.3, -0.25) is 4.79 Å². The van der Waals surface area contributed by atoms with Gasteiger partial charge in [-0.2, -0.15) is 0 Å². The summed E-state index contributed by atoms with van der Waals surface area (Å²) >= 11 is 4.99. The zero-order valence-corrected chi connectivity index (χ0v) is 11.6. The lowest BCUT2D eigenvalue weighted by molar-refractivity contribution is -0.119. The maximum atomic E-state index is 11.0. The quantitative estimate of drug-likeness (QED) is 0.770. The Kier molecular flexibility index (Phi) is 4.26. The van der Waals surface area contributed by atoms with Gasteiger partial charge >= 0.3 is 0 Å². The van der Waals surface area contributed by atoms with Gasteiger partial charge in [0.1, 0.15) is 10.7 Å². The van der Waals surface area contributed by atoms with Crippen molar-refractivity contribution in [2.45, 2.75) is 25.8 Å². The number of rotatable bonds is 3. The molecule has 1 aromatic rings. The molecule has 6 nitrogen and oxygen atoms in total. The number of nitrogens with zero attached hydrogens (tertiary/aromatic N) is 3. The molecule has 1 aromatic heterocycles. The maximum absolute atomic E-state index is 11.0. The van der Waals surface area contributed by atoms with E-state index in [9.17, 15) is 4.79 Å². The Morgan fingerprint density at radius 1 is 1.42 bits per heavy atom. The van der Waals surface area contributed by atoms with Crippen LogP contribution in [0, 0.1) is 0 Å². The summed E-state index contributed by atoms with van der Waals surface area (Å²) in [7, 11) is 0. The Labute approximate surface area is 117 Å². The number of piperidine rings is 1. The molecule has 2 rings (SSSR count). The van der Waals surface area contributed by atoms with Gasteiger partial charge in [-0.05, 0) is 12.8 Å². The molecule has 0 saturated carbocycles. The lowest BCUT2D eigenvalue weighted by atomic mass is 10.0. The number of amides is 1. The fraction of sp³-hybridized carbons (Fsp3) is 0.500. The number of carbonyl (C=O) groups excluding carboxylic acids is 1. The second-order valence-corrected chi connectivity index (χ2v) is 4.99. The topological polar surface area (TPSA) is 84.1 Å². The predicted octanol–water partition coefficient (Wildman–Crippen LogP) is 0.216. The standard InChI is InChI=1S/C12H17N5OS/c1-8(18)16-9-2-6-17(7-3-9)12-10(11(13)19)14-4-5-15-12/h4-5,9H,2-3,6-7H2,1H3,(H2,13,19)(H,16,18). The molecule has 0 atom stereocenters. The van der Waals surface area contributed by atoms with Gasteiger partial charge in [-0.25, -0.2) is 9.97 Å². The van der Waals surface area contributed by atoms with Crippen molar-refractivity contribution in [3.63, 3.8) is 0 Å². The molecular formula is C12H17N5OS. The largest absolute Gasteiger partial charge is 0.388 e. The van der Waals surface area contributed by atoms with Crippen LogP contribution < -0.4 is 16.0 Å². The summed E-state index contributed by atoms with van der Waals surface area (Å²) in [5.74, 6) is 0.748. The van der Waals surface area contributed by atoms with E-state index in [2.05, 4.69) is 20.2 Å². The zero-order valence-electron chi connectivity index (χ0n) is 10.8. The highest BCUT2D eigenvalue weighted by molar-refractivity contribution is 7.80. The van der Waals surface area contributed by atoms with Crippen LogP contribution in [0.25, 0.3) is 0 Å². The predicted molar refractivity (Wildman–Crippen MR) is 77.0 cm³/mol. The molecular weight excluding hydrogens is 262 g/mol. The molecule has 0 unspecified atom stereocenters. The average Bonchev–Trinajstić information content (AvgIpc) is 2.39. The van der Waals surface area contributed by atoms with E-state index in [0.717, 1.165) is 31.7 Å². The fourth-order valence-electron chi connectivity index (χ4n) is 2.26. The van der Waals surface area contributed by atoms with Crippen molar-refractivity contribution in [1.82, 2.24) is 15.3 Å². The number of aromatic nitrogens is 2. The van der Waals surface area contributed by atoms with E-state index in [1.165, 1.54) is 0 Å². The van der Waals surface area contributed by atoms with Crippen molar-refractivity contribution >= 4 is 28.9 Å². The number of hydrogen-bond donors (Lipinski definition) is 2. The molecule has 1 fully saturated rings. The summed E-state index contributed by atoms with van der Waals surface area (Å²) in [6, 6.07) is 0.235. The molecule has 1 saturated heterocycles. The monoisotopic (exact) mass is 279 g/mol. The lowest BCUT2D eigenvalue weighted by Gasteiger charge is -2.33. The molecule has 0 radical (unpaired) electrons. The van der Waals surface area contributed by atoms with E-state index in [1.807, 2.05) is 0 Å². The molecule has 1 amide bonds. The van der Waals surface area contributed by atoms with Crippen LogP contribution in [0.4, 0.5) is 5.82 Å². The SMILES string of the molecule is CC(=O)NC1CCN(c2nccnc2C(N)=S)CC1. The normalized spacial score (nSPS) is 16.2. The Morgan fingerprint density at radius 3 is 2.63 bits per heavy atom. The number of hydrogen-bond acceptors (Lipinski definition) is 5. The van der Waals surface area contributed by atoms with Crippen molar-refractivity contribution in [2.75, 3.05) is 18.0 Å². The minimum Gasteiger partial charge on any atom is -0.388 e. The molecule has 19 heavy (non-hydrogen) atoms. The first kappa shape index (κ1) is 13.7. The van der Waals surface area contributed by atoms with E-state index >= 15 is 0 Å². The third kappa shape index (κ3) is 3.37. The van der Waals surface area contributed by atoms with Crippen LogP contribution in [0.15, 0.2) is 12.4 Å². The van der Waals surface area contributed by atoms with Crippen molar-refractivity contribution in [3.05, 3.63) is 18.1 Å². The van der Waals surface area contributed by atoms with E-state index in [4.69, 9.17) is 18.0 Å². The van der Waals surface area contributed by atoms with Crippen LogP contribution in [0.2, 0.25) is 0 Å². The molecule has 0 aromatic carbocycles. The molecule has 1 aliphatic heterocycles. The lowest BCUT2D eigenvalue weighted by Crippen LogP contribution is -2.44. The molecule has 7 heteroatoms. The molecule has 2 heterocycles. The average molecular weight is 279 g/mol. The minimum absolute atomic E-state index is 0.0155. The van der Waals surface area contributed by atoms with Crippen LogP contribution in [0.1, 0.15) is 25.5 Å². The van der Waals surface area contributed by atoms with Crippen molar-refractivity contribution in [3.8, 4) is 0 Å². The maximum Gasteiger partial charge on any atom is 0.217 e. The third-order valence-corrected chi connectivity index (χ3v) is 3.31. The van der Waals surface area contributed by atoms with Crippen molar-refractivity contribution in [2.24, 2.45) is 5.73 Å². The number of nitrogens with one attached hydrogen (secondary N) is 1. The third-order valence-electron chi connectivity index (χ3n) is 3.11. The summed E-state index contributed by atoms with van der Waals surface area (Å²) in [6.07, 6.45) is 4.99. The highest BCUT2D eigenvalue weighted by Crippen LogP contribution is 2.20. The fourth-order valence-corrected chi connectivity index (χ4v) is 2.40. The smallest absolute Gasteiger partial charge is 0.217 e. The van der Waals surface area contributed by atoms with Crippen molar-refractivity contribution < 1.29 is 4.79 Å². The number of thiocarbonyl (C=S) groups is 1. The van der Waals surface area contributed by atoms with E-state index in [0.29, 0.717) is 5.69 Å². The molecule has 0 spiro atoms. The second-order valence-electron chi connectivity index (χ2n) is 4.55. The summed E-state index contributed by atoms with van der Waals surface area (Å²) in [6.45, 7) is 3.15. The minimum atomic E-state index is 0.0155. The van der Waals surface area contributed by atoms with Gasteiger partial charge in [-0.15, -0.1) is 0 Å². The van der Waals surface area contributed by atoms with Gasteiger partial charge in [0.2, 0.25) is 5.91 Å². The summed E-state index contributed by atoms with van der Waals surface area (Å²) in [5.41, 5.74) is 6.22. The van der Waals surface area contributed by atoms with Gasteiger partial charge in [0, 0.05) is 38.4 Å². The van der Waals surface area contributed by atoms with Crippen LogP contribution >= 0.6 is 12.2 Å². The highest BCUT2D eigenvalue weighted by atomic mass is 32.1. The molecule has 3 N–H and O–H groups in total. The highest BCUT2D eigenvalue weighted by Gasteiger charge is 2.23. The van der Waals surface area contributed by atoms with Gasteiger partial charge in [0.15, 0.2) is 5.82 Å². The number of nitrogens with two attached hydrogens (primary N) is 1.